The Morgan fingerprint density at radius 2 is 2.05 bits per heavy atom. The van der Waals surface area contributed by atoms with Crippen LogP contribution < -0.4 is 4.31 Å². The van der Waals surface area contributed by atoms with Crippen LogP contribution in [0.15, 0.2) is 35.6 Å². The maximum Gasteiger partial charge on any atom is 0.285 e. The molecule has 0 amide bonds. The highest BCUT2D eigenvalue weighted by Gasteiger charge is 2.36. The van der Waals surface area contributed by atoms with Gasteiger partial charge in [-0.3, -0.25) is 4.31 Å². The van der Waals surface area contributed by atoms with Crippen LogP contribution in [0.2, 0.25) is 5.15 Å². The van der Waals surface area contributed by atoms with E-state index in [1.807, 2.05) is 31.2 Å². The van der Waals surface area contributed by atoms with E-state index >= 15 is 0 Å². The van der Waals surface area contributed by atoms with Crippen LogP contribution in [0.3, 0.4) is 0 Å². The minimum absolute atomic E-state index is 0.0878. The summed E-state index contributed by atoms with van der Waals surface area (Å²) in [4.78, 5) is 3.97. The number of halogens is 1. The van der Waals surface area contributed by atoms with Crippen LogP contribution in [-0.4, -0.2) is 24.0 Å². The van der Waals surface area contributed by atoms with Crippen molar-refractivity contribution in [2.45, 2.75) is 30.8 Å². The molecule has 1 atom stereocenters. The number of fused-ring (bicyclic) bond motifs is 1. The largest absolute Gasteiger partial charge is 0.324 e. The molecule has 0 fully saturated rings. The second-order valence-electron chi connectivity index (χ2n) is 5.27. The van der Waals surface area contributed by atoms with Crippen LogP contribution in [0, 0.1) is 0 Å². The molecular weight excluding hydrogens is 310 g/mol. The number of hydrogen-bond donors (Lipinski definition) is 0. The van der Waals surface area contributed by atoms with Gasteiger partial charge in [-0.2, -0.15) is 8.42 Å². The maximum atomic E-state index is 13.0. The molecule has 21 heavy (non-hydrogen) atoms. The van der Waals surface area contributed by atoms with Crippen LogP contribution in [0.1, 0.15) is 18.9 Å². The number of aryl methyl sites for hydroxylation is 2. The maximum absolute atomic E-state index is 13.0. The van der Waals surface area contributed by atoms with Crippen LogP contribution in [-0.2, 0) is 23.5 Å². The van der Waals surface area contributed by atoms with Gasteiger partial charge >= 0.3 is 0 Å². The summed E-state index contributed by atoms with van der Waals surface area (Å²) in [5.74, 6) is 0. The highest BCUT2D eigenvalue weighted by atomic mass is 35.5. The SMILES string of the molecule is C[C@H]1CCc2ccccc2N1S(=O)(=O)c1ncn(C)c1Cl. The van der Waals surface area contributed by atoms with E-state index in [-0.39, 0.29) is 16.2 Å². The summed E-state index contributed by atoms with van der Waals surface area (Å²) < 4.78 is 28.9. The summed E-state index contributed by atoms with van der Waals surface area (Å²) in [5, 5.41) is 0.0421. The number of sulfonamides is 1. The molecule has 0 spiro atoms. The Labute approximate surface area is 129 Å². The molecule has 2 aromatic rings. The molecule has 112 valence electrons. The fourth-order valence-electron chi connectivity index (χ4n) is 2.68. The number of nitrogens with zero attached hydrogens (tertiary/aromatic N) is 3. The van der Waals surface area contributed by atoms with Gasteiger partial charge < -0.3 is 4.57 Å². The van der Waals surface area contributed by atoms with Crippen molar-refractivity contribution in [2.24, 2.45) is 7.05 Å². The smallest absolute Gasteiger partial charge is 0.285 e. The minimum atomic E-state index is -3.77. The monoisotopic (exact) mass is 325 g/mol. The van der Waals surface area contributed by atoms with Crippen molar-refractivity contribution >= 4 is 27.3 Å². The van der Waals surface area contributed by atoms with Crippen molar-refractivity contribution in [1.82, 2.24) is 9.55 Å². The molecule has 7 heteroatoms. The van der Waals surface area contributed by atoms with E-state index in [0.29, 0.717) is 0 Å². The number of rotatable bonds is 2. The number of imidazole rings is 1. The third-order valence-electron chi connectivity index (χ3n) is 3.80. The number of hydrogen-bond acceptors (Lipinski definition) is 3. The summed E-state index contributed by atoms with van der Waals surface area (Å²) in [6.07, 6.45) is 3.07. The topological polar surface area (TPSA) is 55.2 Å². The normalized spacial score (nSPS) is 18.6. The van der Waals surface area contributed by atoms with Crippen molar-refractivity contribution in [1.29, 1.82) is 0 Å². The molecule has 2 heterocycles. The Morgan fingerprint density at radius 1 is 1.33 bits per heavy atom. The summed E-state index contributed by atoms with van der Waals surface area (Å²) in [7, 11) is -2.10. The average Bonchev–Trinajstić information content (AvgIpc) is 2.79. The first-order valence-corrected chi connectivity index (χ1v) is 8.54. The van der Waals surface area contributed by atoms with Gasteiger partial charge in [0.1, 0.15) is 5.15 Å². The predicted molar refractivity (Wildman–Crippen MR) is 82.1 cm³/mol. The second kappa shape index (κ2) is 5.03. The fourth-order valence-corrected chi connectivity index (χ4v) is 4.81. The Morgan fingerprint density at radius 3 is 2.71 bits per heavy atom. The standard InChI is InChI=1S/C14H16ClN3O2S/c1-10-7-8-11-5-3-4-6-12(11)18(10)21(19,20)14-13(15)17(2)9-16-14/h3-6,9-10H,7-8H2,1-2H3/t10-/m0/s1. The van der Waals surface area contributed by atoms with E-state index in [2.05, 4.69) is 4.98 Å². The molecular formula is C14H16ClN3O2S. The summed E-state index contributed by atoms with van der Waals surface area (Å²) in [5.41, 5.74) is 1.75. The molecule has 1 aromatic heterocycles. The van der Waals surface area contributed by atoms with Crippen molar-refractivity contribution in [3.8, 4) is 0 Å². The molecule has 0 N–H and O–H groups in total. The van der Waals surface area contributed by atoms with Gasteiger partial charge in [-0.05, 0) is 31.4 Å². The van der Waals surface area contributed by atoms with Gasteiger partial charge in [0.2, 0.25) is 5.03 Å². The third kappa shape index (κ3) is 2.22. The van der Waals surface area contributed by atoms with E-state index in [1.165, 1.54) is 15.2 Å². The van der Waals surface area contributed by atoms with Crippen LogP contribution in [0.25, 0.3) is 0 Å². The first-order valence-electron chi connectivity index (χ1n) is 6.72. The second-order valence-corrected chi connectivity index (χ2v) is 7.36. The quantitative estimate of drug-likeness (QED) is 0.852. The Balaban J connectivity index is 2.17. The first-order chi connectivity index (χ1) is 9.93. The van der Waals surface area contributed by atoms with E-state index in [0.717, 1.165) is 24.1 Å². The molecule has 0 saturated heterocycles. The third-order valence-corrected chi connectivity index (χ3v) is 6.22. The lowest BCUT2D eigenvalue weighted by Crippen LogP contribution is -2.42. The van der Waals surface area contributed by atoms with Crippen LogP contribution in [0.5, 0.6) is 0 Å². The van der Waals surface area contributed by atoms with E-state index < -0.39 is 10.0 Å². The number of aromatic nitrogens is 2. The molecule has 0 saturated carbocycles. The van der Waals surface area contributed by atoms with Crippen molar-refractivity contribution < 1.29 is 8.42 Å². The Hall–Kier alpha value is -1.53. The average molecular weight is 326 g/mol. The zero-order chi connectivity index (χ0) is 15.2. The van der Waals surface area contributed by atoms with Gasteiger partial charge in [-0.25, -0.2) is 4.98 Å². The van der Waals surface area contributed by atoms with E-state index in [1.54, 1.807) is 7.05 Å². The Kier molecular flexibility index (Phi) is 3.45. The van der Waals surface area contributed by atoms with Crippen LogP contribution >= 0.6 is 11.6 Å². The zero-order valence-corrected chi connectivity index (χ0v) is 13.4. The lowest BCUT2D eigenvalue weighted by molar-refractivity contribution is 0.560. The van der Waals surface area contributed by atoms with Crippen molar-refractivity contribution in [3.05, 3.63) is 41.3 Å². The Bertz CT molecular complexity index is 785. The van der Waals surface area contributed by atoms with Gasteiger partial charge in [-0.1, -0.05) is 29.8 Å². The lowest BCUT2D eigenvalue weighted by atomic mass is 9.99. The number of benzene rings is 1. The van der Waals surface area contributed by atoms with Crippen LogP contribution in [0.4, 0.5) is 5.69 Å². The molecule has 0 bridgehead atoms. The highest BCUT2D eigenvalue weighted by molar-refractivity contribution is 7.92. The molecule has 1 aromatic carbocycles. The van der Waals surface area contributed by atoms with Gasteiger partial charge in [0, 0.05) is 13.1 Å². The minimum Gasteiger partial charge on any atom is -0.324 e. The molecule has 0 radical (unpaired) electrons. The summed E-state index contributed by atoms with van der Waals surface area (Å²) >= 11 is 6.08. The van der Waals surface area contributed by atoms with E-state index in [4.69, 9.17) is 11.6 Å². The number of para-hydroxylation sites is 1. The van der Waals surface area contributed by atoms with Gasteiger partial charge in [-0.15, -0.1) is 0 Å². The highest BCUT2D eigenvalue weighted by Crippen LogP contribution is 2.36. The first kappa shape index (κ1) is 14.4. The van der Waals surface area contributed by atoms with E-state index in [9.17, 15) is 8.42 Å². The predicted octanol–water partition coefficient (Wildman–Crippen LogP) is 2.60. The fraction of sp³-hybridized carbons (Fsp3) is 0.357. The van der Waals surface area contributed by atoms with Gasteiger partial charge in [0.05, 0.1) is 12.0 Å². The number of anilines is 1. The molecule has 1 aliphatic rings. The summed E-state index contributed by atoms with van der Waals surface area (Å²) in [6.45, 7) is 1.91. The van der Waals surface area contributed by atoms with Gasteiger partial charge in [0.15, 0.2) is 0 Å². The molecule has 5 nitrogen and oxygen atoms in total. The zero-order valence-electron chi connectivity index (χ0n) is 11.8. The molecule has 1 aliphatic heterocycles. The molecule has 0 aliphatic carbocycles. The summed E-state index contributed by atoms with van der Waals surface area (Å²) in [6, 6.07) is 7.44. The molecule has 3 rings (SSSR count). The van der Waals surface area contributed by atoms with Crippen molar-refractivity contribution in [3.63, 3.8) is 0 Å². The molecule has 0 unspecified atom stereocenters. The van der Waals surface area contributed by atoms with Gasteiger partial charge in [0.25, 0.3) is 10.0 Å². The lowest BCUT2D eigenvalue weighted by Gasteiger charge is -2.35. The van der Waals surface area contributed by atoms with Crippen molar-refractivity contribution in [2.75, 3.05) is 4.31 Å².